The maximum absolute atomic E-state index is 12.9. The number of hydrogen-bond donors (Lipinski definition) is 1. The Labute approximate surface area is 162 Å². The van der Waals surface area contributed by atoms with Gasteiger partial charge in [-0.2, -0.15) is 9.29 Å². The lowest BCUT2D eigenvalue weighted by Crippen LogP contribution is -2.27. The van der Waals surface area contributed by atoms with Gasteiger partial charge in [-0.25, -0.2) is 8.42 Å². The van der Waals surface area contributed by atoms with Crippen LogP contribution in [0.1, 0.15) is 26.7 Å². The summed E-state index contributed by atoms with van der Waals surface area (Å²) in [6.07, 6.45) is 1.77. The van der Waals surface area contributed by atoms with Crippen molar-refractivity contribution in [3.8, 4) is 0 Å². The van der Waals surface area contributed by atoms with Crippen LogP contribution >= 0.6 is 0 Å². The standard InChI is InChI=1S/C18H22N6O3S/c1-11(2)17(25)20-18-19-16-15(21-22-18)13-10-12(6-7-14(13)23(16)3)28(26,27)24-8-4-5-9-24/h6-7,10-11H,4-5,8-9H2,1-3H3,(H,19,20,22,25). The average Bonchev–Trinajstić information content (AvgIpc) is 3.30. The zero-order valence-corrected chi connectivity index (χ0v) is 16.8. The zero-order valence-electron chi connectivity index (χ0n) is 16.0. The molecule has 4 rings (SSSR count). The van der Waals surface area contributed by atoms with Crippen molar-refractivity contribution < 1.29 is 13.2 Å². The third-order valence-electron chi connectivity index (χ3n) is 5.03. The minimum atomic E-state index is -3.52. The Balaban J connectivity index is 1.81. The van der Waals surface area contributed by atoms with Crippen LogP contribution in [-0.4, -0.2) is 51.5 Å². The number of carbonyl (C=O) groups excluding carboxylic acids is 1. The van der Waals surface area contributed by atoms with Crippen LogP contribution in [0.4, 0.5) is 5.95 Å². The van der Waals surface area contributed by atoms with E-state index < -0.39 is 10.0 Å². The number of hydrogen-bond acceptors (Lipinski definition) is 6. The zero-order chi connectivity index (χ0) is 20.1. The fraction of sp³-hybridized carbons (Fsp3) is 0.444. The van der Waals surface area contributed by atoms with E-state index in [0.717, 1.165) is 18.4 Å². The summed E-state index contributed by atoms with van der Waals surface area (Å²) in [4.78, 5) is 16.5. The first kappa shape index (κ1) is 18.8. The number of rotatable bonds is 4. The molecule has 1 aliphatic rings. The molecule has 10 heteroatoms. The molecule has 3 heterocycles. The molecular weight excluding hydrogens is 380 g/mol. The van der Waals surface area contributed by atoms with E-state index in [1.54, 1.807) is 32.0 Å². The average molecular weight is 402 g/mol. The number of aromatic nitrogens is 4. The molecule has 1 amide bonds. The van der Waals surface area contributed by atoms with Crippen LogP contribution in [0, 0.1) is 5.92 Å². The molecule has 0 spiro atoms. The van der Waals surface area contributed by atoms with Gasteiger partial charge in [0, 0.05) is 31.4 Å². The van der Waals surface area contributed by atoms with Crippen LogP contribution < -0.4 is 5.32 Å². The van der Waals surface area contributed by atoms with E-state index in [0.29, 0.717) is 29.6 Å². The molecule has 0 aliphatic carbocycles. The SMILES string of the molecule is CC(C)C(=O)Nc1nnc2c3cc(S(=O)(=O)N4CCCC4)ccc3n(C)c2n1. The second-order valence-corrected chi connectivity index (χ2v) is 9.24. The molecule has 0 radical (unpaired) electrons. The number of benzene rings is 1. The van der Waals surface area contributed by atoms with Gasteiger partial charge < -0.3 is 4.57 Å². The molecule has 9 nitrogen and oxygen atoms in total. The van der Waals surface area contributed by atoms with Gasteiger partial charge in [-0.15, -0.1) is 10.2 Å². The van der Waals surface area contributed by atoms with Gasteiger partial charge in [0.05, 0.1) is 10.4 Å². The van der Waals surface area contributed by atoms with Crippen molar-refractivity contribution in [2.45, 2.75) is 31.6 Å². The fourth-order valence-electron chi connectivity index (χ4n) is 3.38. The largest absolute Gasteiger partial charge is 0.327 e. The summed E-state index contributed by atoms with van der Waals surface area (Å²) in [6.45, 7) is 4.66. The smallest absolute Gasteiger partial charge is 0.251 e. The summed E-state index contributed by atoms with van der Waals surface area (Å²) in [7, 11) is -1.70. The van der Waals surface area contributed by atoms with Gasteiger partial charge in [-0.3, -0.25) is 10.1 Å². The van der Waals surface area contributed by atoms with E-state index in [-0.39, 0.29) is 22.7 Å². The number of amides is 1. The highest BCUT2D eigenvalue weighted by molar-refractivity contribution is 7.89. The Kier molecular flexibility index (Phi) is 4.54. The molecular formula is C18H22N6O3S. The highest BCUT2D eigenvalue weighted by Gasteiger charge is 2.28. The van der Waals surface area contributed by atoms with Crippen LogP contribution in [0.25, 0.3) is 22.1 Å². The van der Waals surface area contributed by atoms with Crippen LogP contribution in [0.2, 0.25) is 0 Å². The number of fused-ring (bicyclic) bond motifs is 3. The van der Waals surface area contributed by atoms with Crippen LogP contribution in [-0.2, 0) is 21.9 Å². The maximum atomic E-state index is 12.9. The van der Waals surface area contributed by atoms with E-state index in [9.17, 15) is 13.2 Å². The van der Waals surface area contributed by atoms with Gasteiger partial charge in [0.15, 0.2) is 5.65 Å². The molecule has 0 saturated carbocycles. The number of sulfonamides is 1. The Morgan fingerprint density at radius 1 is 1.18 bits per heavy atom. The first-order valence-electron chi connectivity index (χ1n) is 9.23. The topological polar surface area (TPSA) is 110 Å². The highest BCUT2D eigenvalue weighted by atomic mass is 32.2. The number of anilines is 1. The van der Waals surface area contributed by atoms with Crippen molar-refractivity contribution >= 4 is 43.9 Å². The molecule has 0 bridgehead atoms. The predicted octanol–water partition coefficient (Wildman–Crippen LogP) is 1.90. The second kappa shape index (κ2) is 6.78. The van der Waals surface area contributed by atoms with Gasteiger partial charge in [0.25, 0.3) is 5.95 Å². The summed E-state index contributed by atoms with van der Waals surface area (Å²) in [5.41, 5.74) is 1.82. The predicted molar refractivity (Wildman–Crippen MR) is 105 cm³/mol. The van der Waals surface area contributed by atoms with Gasteiger partial charge in [-0.1, -0.05) is 13.8 Å². The molecule has 1 N–H and O–H groups in total. The van der Waals surface area contributed by atoms with Crippen molar-refractivity contribution in [3.05, 3.63) is 18.2 Å². The lowest BCUT2D eigenvalue weighted by atomic mass is 10.2. The highest BCUT2D eigenvalue weighted by Crippen LogP contribution is 2.29. The molecule has 148 valence electrons. The van der Waals surface area contributed by atoms with E-state index in [4.69, 9.17) is 0 Å². The van der Waals surface area contributed by atoms with Gasteiger partial charge in [0.2, 0.25) is 15.9 Å². The summed E-state index contributed by atoms with van der Waals surface area (Å²) in [5, 5.41) is 11.5. The Morgan fingerprint density at radius 3 is 2.57 bits per heavy atom. The Morgan fingerprint density at radius 2 is 1.89 bits per heavy atom. The monoisotopic (exact) mass is 402 g/mol. The molecule has 0 atom stereocenters. The Hall–Kier alpha value is -2.59. The normalized spacial score (nSPS) is 15.7. The Bertz CT molecular complexity index is 1180. The molecule has 3 aromatic rings. The van der Waals surface area contributed by atoms with Crippen molar-refractivity contribution in [1.82, 2.24) is 24.1 Å². The summed E-state index contributed by atoms with van der Waals surface area (Å²) < 4.78 is 29.1. The van der Waals surface area contributed by atoms with Gasteiger partial charge in [0.1, 0.15) is 5.52 Å². The number of nitrogens with one attached hydrogen (secondary N) is 1. The first-order chi connectivity index (χ1) is 13.3. The second-order valence-electron chi connectivity index (χ2n) is 7.30. The van der Waals surface area contributed by atoms with Crippen molar-refractivity contribution in [2.24, 2.45) is 13.0 Å². The number of nitrogens with zero attached hydrogens (tertiary/aromatic N) is 5. The minimum absolute atomic E-state index is 0.127. The van der Waals surface area contributed by atoms with Crippen LogP contribution in [0.5, 0.6) is 0 Å². The summed E-state index contributed by atoms with van der Waals surface area (Å²) >= 11 is 0. The lowest BCUT2D eigenvalue weighted by Gasteiger charge is -2.15. The molecule has 1 aromatic carbocycles. The van der Waals surface area contributed by atoms with E-state index in [1.807, 2.05) is 11.6 Å². The van der Waals surface area contributed by atoms with Crippen LogP contribution in [0.15, 0.2) is 23.1 Å². The molecule has 1 aliphatic heterocycles. The van der Waals surface area contributed by atoms with Crippen molar-refractivity contribution in [1.29, 1.82) is 0 Å². The summed E-state index contributed by atoms with van der Waals surface area (Å²) in [5.74, 6) is -0.272. The number of carbonyl (C=O) groups is 1. The van der Waals surface area contributed by atoms with Gasteiger partial charge >= 0.3 is 0 Å². The number of aryl methyl sites for hydroxylation is 1. The molecule has 28 heavy (non-hydrogen) atoms. The summed E-state index contributed by atoms with van der Waals surface area (Å²) in [6, 6.07) is 5.01. The first-order valence-corrected chi connectivity index (χ1v) is 10.7. The van der Waals surface area contributed by atoms with E-state index >= 15 is 0 Å². The van der Waals surface area contributed by atoms with Crippen LogP contribution in [0.3, 0.4) is 0 Å². The third-order valence-corrected chi connectivity index (χ3v) is 6.93. The van der Waals surface area contributed by atoms with Crippen molar-refractivity contribution in [3.63, 3.8) is 0 Å². The van der Waals surface area contributed by atoms with E-state index in [1.165, 1.54) is 4.31 Å². The molecule has 0 unspecified atom stereocenters. The lowest BCUT2D eigenvalue weighted by molar-refractivity contribution is -0.118. The molecule has 1 saturated heterocycles. The maximum Gasteiger partial charge on any atom is 0.251 e. The molecule has 2 aromatic heterocycles. The third kappa shape index (κ3) is 3.02. The van der Waals surface area contributed by atoms with Crippen molar-refractivity contribution in [2.75, 3.05) is 18.4 Å². The van der Waals surface area contributed by atoms with Gasteiger partial charge in [-0.05, 0) is 31.0 Å². The van der Waals surface area contributed by atoms with E-state index in [2.05, 4.69) is 20.5 Å². The fourth-order valence-corrected chi connectivity index (χ4v) is 4.93. The quantitative estimate of drug-likeness (QED) is 0.714. The molecule has 1 fully saturated rings. The minimum Gasteiger partial charge on any atom is -0.327 e.